The molecule has 0 saturated carbocycles. The molecule has 0 atom stereocenters. The second kappa shape index (κ2) is 9.34. The molecule has 1 saturated heterocycles. The van der Waals surface area contributed by atoms with E-state index in [2.05, 4.69) is 20.1 Å². The number of carbonyl (C=O) groups is 1. The fourth-order valence-corrected chi connectivity index (χ4v) is 4.06. The van der Waals surface area contributed by atoms with Gasteiger partial charge in [0.05, 0.1) is 0 Å². The summed E-state index contributed by atoms with van der Waals surface area (Å²) in [6.07, 6.45) is 3.63. The predicted octanol–water partition coefficient (Wildman–Crippen LogP) is 4.07. The standard InChI is InChI=1S/C26H25N5O2/c1-19-4-2-3-5-23(19)25-29-28-24(33-25)21-6-8-22(9-7-21)26(32)31-16-14-30(15-17-31)18-20-10-12-27-13-11-20/h2-13H,14-18H2,1H3. The lowest BCUT2D eigenvalue weighted by atomic mass is 10.1. The highest BCUT2D eigenvalue weighted by molar-refractivity contribution is 5.94. The molecule has 2 aromatic heterocycles. The van der Waals surface area contributed by atoms with Gasteiger partial charge < -0.3 is 9.32 Å². The van der Waals surface area contributed by atoms with Gasteiger partial charge in [0.15, 0.2) is 0 Å². The molecular formula is C26H25N5O2. The fourth-order valence-electron chi connectivity index (χ4n) is 4.06. The van der Waals surface area contributed by atoms with Crippen molar-refractivity contribution < 1.29 is 9.21 Å². The maximum atomic E-state index is 13.0. The molecule has 1 aliphatic rings. The van der Waals surface area contributed by atoms with Crippen molar-refractivity contribution in [2.45, 2.75) is 13.5 Å². The lowest BCUT2D eigenvalue weighted by molar-refractivity contribution is 0.0628. The Balaban J connectivity index is 1.21. The van der Waals surface area contributed by atoms with Crippen LogP contribution >= 0.6 is 0 Å². The molecule has 0 unspecified atom stereocenters. The number of rotatable bonds is 5. The Morgan fingerprint density at radius 2 is 1.58 bits per heavy atom. The summed E-state index contributed by atoms with van der Waals surface area (Å²) in [5.74, 6) is 0.987. The van der Waals surface area contributed by atoms with Crippen LogP contribution in [-0.2, 0) is 6.54 Å². The third-order valence-electron chi connectivity index (χ3n) is 5.99. The van der Waals surface area contributed by atoms with E-state index in [1.165, 1.54) is 5.56 Å². The molecular weight excluding hydrogens is 414 g/mol. The molecule has 1 aliphatic heterocycles. The molecule has 166 valence electrons. The zero-order valence-corrected chi connectivity index (χ0v) is 18.5. The van der Waals surface area contributed by atoms with E-state index in [4.69, 9.17) is 4.42 Å². The Bertz CT molecular complexity index is 1230. The molecule has 1 fully saturated rings. The highest BCUT2D eigenvalue weighted by Gasteiger charge is 2.22. The number of nitrogens with zero attached hydrogens (tertiary/aromatic N) is 5. The second-order valence-corrected chi connectivity index (χ2v) is 8.23. The van der Waals surface area contributed by atoms with Gasteiger partial charge in [0.1, 0.15) is 0 Å². The van der Waals surface area contributed by atoms with Gasteiger partial charge in [-0.25, -0.2) is 0 Å². The molecule has 4 aromatic rings. The summed E-state index contributed by atoms with van der Waals surface area (Å²) >= 11 is 0. The van der Waals surface area contributed by atoms with Gasteiger partial charge in [0.25, 0.3) is 5.91 Å². The smallest absolute Gasteiger partial charge is 0.253 e. The highest BCUT2D eigenvalue weighted by atomic mass is 16.4. The number of hydrogen-bond donors (Lipinski definition) is 0. The molecule has 33 heavy (non-hydrogen) atoms. The van der Waals surface area contributed by atoms with Crippen LogP contribution in [0.15, 0.2) is 77.5 Å². The average Bonchev–Trinajstić information content (AvgIpc) is 3.35. The molecule has 0 aliphatic carbocycles. The van der Waals surface area contributed by atoms with Gasteiger partial charge in [-0.05, 0) is 60.5 Å². The number of carbonyl (C=O) groups excluding carboxylic acids is 1. The molecule has 0 N–H and O–H groups in total. The van der Waals surface area contributed by atoms with Gasteiger partial charge in [-0.3, -0.25) is 14.7 Å². The Kier molecular flexibility index (Phi) is 5.95. The molecule has 5 rings (SSSR count). The Morgan fingerprint density at radius 3 is 2.30 bits per heavy atom. The summed E-state index contributed by atoms with van der Waals surface area (Å²) in [6.45, 7) is 6.04. The van der Waals surface area contributed by atoms with Gasteiger partial charge >= 0.3 is 0 Å². The van der Waals surface area contributed by atoms with Gasteiger partial charge in [-0.2, -0.15) is 0 Å². The molecule has 3 heterocycles. The summed E-state index contributed by atoms with van der Waals surface area (Å²) in [5, 5.41) is 8.38. The van der Waals surface area contributed by atoms with Crippen LogP contribution in [0.2, 0.25) is 0 Å². The van der Waals surface area contributed by atoms with Crippen LogP contribution in [0.3, 0.4) is 0 Å². The minimum Gasteiger partial charge on any atom is -0.416 e. The van der Waals surface area contributed by atoms with E-state index >= 15 is 0 Å². The second-order valence-electron chi connectivity index (χ2n) is 8.23. The third kappa shape index (κ3) is 4.68. The van der Waals surface area contributed by atoms with Crippen molar-refractivity contribution in [1.29, 1.82) is 0 Å². The van der Waals surface area contributed by atoms with Crippen molar-refractivity contribution in [2.75, 3.05) is 26.2 Å². The van der Waals surface area contributed by atoms with E-state index in [0.29, 0.717) is 17.3 Å². The van der Waals surface area contributed by atoms with Crippen LogP contribution in [-0.4, -0.2) is 57.1 Å². The summed E-state index contributed by atoms with van der Waals surface area (Å²) in [7, 11) is 0. The molecule has 7 heteroatoms. The maximum Gasteiger partial charge on any atom is 0.253 e. The van der Waals surface area contributed by atoms with E-state index < -0.39 is 0 Å². The number of piperazine rings is 1. The van der Waals surface area contributed by atoms with E-state index in [0.717, 1.165) is 49.4 Å². The summed E-state index contributed by atoms with van der Waals surface area (Å²) in [6, 6.07) is 19.4. The first-order valence-electron chi connectivity index (χ1n) is 11.1. The Morgan fingerprint density at radius 1 is 0.879 bits per heavy atom. The van der Waals surface area contributed by atoms with Crippen LogP contribution < -0.4 is 0 Å². The molecule has 0 radical (unpaired) electrons. The van der Waals surface area contributed by atoms with Crippen molar-refractivity contribution in [3.05, 3.63) is 89.7 Å². The van der Waals surface area contributed by atoms with E-state index in [1.807, 2.05) is 84.9 Å². The minimum absolute atomic E-state index is 0.0521. The van der Waals surface area contributed by atoms with Crippen LogP contribution in [0.25, 0.3) is 22.9 Å². The van der Waals surface area contributed by atoms with Crippen LogP contribution in [0.4, 0.5) is 0 Å². The zero-order chi connectivity index (χ0) is 22.6. The molecule has 0 bridgehead atoms. The first kappa shape index (κ1) is 21.0. The monoisotopic (exact) mass is 439 g/mol. The lowest BCUT2D eigenvalue weighted by Gasteiger charge is -2.34. The quantitative estimate of drug-likeness (QED) is 0.467. The number of pyridine rings is 1. The first-order chi connectivity index (χ1) is 16.2. The van der Waals surface area contributed by atoms with E-state index in [9.17, 15) is 4.79 Å². The minimum atomic E-state index is 0.0521. The summed E-state index contributed by atoms with van der Waals surface area (Å²) in [4.78, 5) is 21.3. The van der Waals surface area contributed by atoms with E-state index in [1.54, 1.807) is 0 Å². The van der Waals surface area contributed by atoms with Crippen LogP contribution in [0, 0.1) is 6.92 Å². The summed E-state index contributed by atoms with van der Waals surface area (Å²) < 4.78 is 5.89. The number of amides is 1. The number of aryl methyl sites for hydroxylation is 1. The maximum absolute atomic E-state index is 13.0. The van der Waals surface area contributed by atoms with Crippen LogP contribution in [0.1, 0.15) is 21.5 Å². The third-order valence-corrected chi connectivity index (χ3v) is 5.99. The average molecular weight is 440 g/mol. The lowest BCUT2D eigenvalue weighted by Crippen LogP contribution is -2.48. The molecule has 1 amide bonds. The van der Waals surface area contributed by atoms with Gasteiger partial charge in [-0.1, -0.05) is 18.2 Å². The SMILES string of the molecule is Cc1ccccc1-c1nnc(-c2ccc(C(=O)N3CCN(Cc4ccncc4)CC3)cc2)o1. The topological polar surface area (TPSA) is 75.4 Å². The van der Waals surface area contributed by atoms with Gasteiger partial charge in [-0.15, -0.1) is 10.2 Å². The zero-order valence-electron chi connectivity index (χ0n) is 18.5. The Labute approximate surface area is 192 Å². The van der Waals surface area contributed by atoms with Crippen molar-refractivity contribution in [3.63, 3.8) is 0 Å². The van der Waals surface area contributed by atoms with Gasteiger partial charge in [0, 0.05) is 61.8 Å². The van der Waals surface area contributed by atoms with Gasteiger partial charge in [0.2, 0.25) is 11.8 Å². The normalized spacial score (nSPS) is 14.4. The van der Waals surface area contributed by atoms with Crippen molar-refractivity contribution in [2.24, 2.45) is 0 Å². The summed E-state index contributed by atoms with van der Waals surface area (Å²) in [5.41, 5.74) is 4.70. The first-order valence-corrected chi connectivity index (χ1v) is 11.1. The fraction of sp³-hybridized carbons (Fsp3) is 0.231. The molecule has 2 aromatic carbocycles. The van der Waals surface area contributed by atoms with Crippen molar-refractivity contribution in [3.8, 4) is 22.9 Å². The largest absolute Gasteiger partial charge is 0.416 e. The highest BCUT2D eigenvalue weighted by Crippen LogP contribution is 2.26. The molecule has 7 nitrogen and oxygen atoms in total. The number of aromatic nitrogens is 3. The predicted molar refractivity (Wildman–Crippen MR) is 125 cm³/mol. The van der Waals surface area contributed by atoms with Crippen molar-refractivity contribution >= 4 is 5.91 Å². The van der Waals surface area contributed by atoms with Crippen molar-refractivity contribution in [1.82, 2.24) is 25.0 Å². The van der Waals surface area contributed by atoms with E-state index in [-0.39, 0.29) is 5.91 Å². The van der Waals surface area contributed by atoms with Crippen LogP contribution in [0.5, 0.6) is 0 Å². The number of benzene rings is 2. The molecule has 0 spiro atoms. The Hall–Kier alpha value is -3.84. The number of hydrogen-bond acceptors (Lipinski definition) is 6.